The summed E-state index contributed by atoms with van der Waals surface area (Å²) in [5.41, 5.74) is 2.07. The highest BCUT2D eigenvalue weighted by Crippen LogP contribution is 2.21. The van der Waals surface area contributed by atoms with Gasteiger partial charge in [-0.05, 0) is 36.4 Å². The number of hydrogen-bond acceptors (Lipinski definition) is 5. The molecule has 2 aromatic carbocycles. The second-order valence-electron chi connectivity index (χ2n) is 4.23. The molecule has 0 aliphatic rings. The van der Waals surface area contributed by atoms with Crippen molar-refractivity contribution in [1.82, 2.24) is 8.75 Å². The first-order valence-corrected chi connectivity index (χ1v) is 7.23. The summed E-state index contributed by atoms with van der Waals surface area (Å²) < 4.78 is 13.7. The van der Waals surface area contributed by atoms with E-state index in [9.17, 15) is 4.79 Å². The van der Waals surface area contributed by atoms with Gasteiger partial charge in [-0.1, -0.05) is 17.7 Å². The van der Waals surface area contributed by atoms with Gasteiger partial charge in [0.05, 0.1) is 17.4 Å². The summed E-state index contributed by atoms with van der Waals surface area (Å²) in [4.78, 5) is 11.9. The van der Waals surface area contributed by atoms with Crippen LogP contribution in [0.5, 0.6) is 5.75 Å². The first-order valence-electron chi connectivity index (χ1n) is 6.12. The minimum atomic E-state index is -0.259. The van der Waals surface area contributed by atoms with Crippen LogP contribution in [0.2, 0.25) is 5.02 Å². The second kappa shape index (κ2) is 6.07. The van der Waals surface area contributed by atoms with E-state index in [4.69, 9.17) is 16.3 Å². The molecule has 0 aliphatic heterocycles. The summed E-state index contributed by atoms with van der Waals surface area (Å²) in [7, 11) is 0. The van der Waals surface area contributed by atoms with Gasteiger partial charge in [-0.15, -0.1) is 0 Å². The maximum atomic E-state index is 11.9. The number of hydrogen-bond donors (Lipinski definition) is 1. The molecule has 0 saturated heterocycles. The fourth-order valence-corrected chi connectivity index (χ4v) is 2.45. The first-order chi connectivity index (χ1) is 10.2. The molecule has 3 rings (SSSR count). The Labute approximate surface area is 129 Å². The van der Waals surface area contributed by atoms with Crippen LogP contribution in [0.3, 0.4) is 0 Å². The van der Waals surface area contributed by atoms with Crippen molar-refractivity contribution >= 4 is 46.0 Å². The van der Waals surface area contributed by atoms with Gasteiger partial charge in [-0.2, -0.15) is 8.75 Å². The van der Waals surface area contributed by atoms with Crippen LogP contribution in [0.1, 0.15) is 0 Å². The van der Waals surface area contributed by atoms with Gasteiger partial charge in [-0.3, -0.25) is 4.79 Å². The maximum absolute atomic E-state index is 11.9. The van der Waals surface area contributed by atoms with Gasteiger partial charge < -0.3 is 10.1 Å². The molecule has 1 aromatic heterocycles. The zero-order valence-corrected chi connectivity index (χ0v) is 12.3. The van der Waals surface area contributed by atoms with Crippen LogP contribution in [0.4, 0.5) is 5.69 Å². The van der Waals surface area contributed by atoms with Crippen LogP contribution in [0, 0.1) is 0 Å². The average Bonchev–Trinajstić information content (AvgIpc) is 2.96. The molecule has 1 N–H and O–H groups in total. The summed E-state index contributed by atoms with van der Waals surface area (Å²) in [6.07, 6.45) is 0. The van der Waals surface area contributed by atoms with E-state index in [-0.39, 0.29) is 12.5 Å². The number of nitrogens with one attached hydrogen (secondary N) is 1. The summed E-state index contributed by atoms with van der Waals surface area (Å²) in [5.74, 6) is 0.327. The zero-order chi connectivity index (χ0) is 14.7. The van der Waals surface area contributed by atoms with Crippen LogP contribution in [-0.4, -0.2) is 21.3 Å². The van der Waals surface area contributed by atoms with E-state index < -0.39 is 0 Å². The highest BCUT2D eigenvalue weighted by atomic mass is 35.5. The van der Waals surface area contributed by atoms with E-state index in [1.54, 1.807) is 30.3 Å². The van der Waals surface area contributed by atoms with Crippen molar-refractivity contribution in [3.8, 4) is 5.75 Å². The number of aromatic nitrogens is 2. The van der Waals surface area contributed by atoms with Crippen LogP contribution in [-0.2, 0) is 4.79 Å². The third-order valence-corrected chi connectivity index (χ3v) is 3.54. The lowest BCUT2D eigenvalue weighted by Crippen LogP contribution is -2.20. The number of nitrogens with zero attached hydrogens (tertiary/aromatic N) is 2. The summed E-state index contributed by atoms with van der Waals surface area (Å²) >= 11 is 6.89. The molecule has 7 heteroatoms. The third kappa shape index (κ3) is 3.29. The predicted molar refractivity (Wildman–Crippen MR) is 83.0 cm³/mol. The Kier molecular flexibility index (Phi) is 3.98. The Bertz CT molecular complexity index is 773. The topological polar surface area (TPSA) is 64.1 Å². The molecule has 1 heterocycles. The number of rotatable bonds is 4. The van der Waals surface area contributed by atoms with Gasteiger partial charge in [0.15, 0.2) is 6.61 Å². The van der Waals surface area contributed by atoms with Crippen molar-refractivity contribution in [2.75, 3.05) is 11.9 Å². The molecule has 0 unspecified atom stereocenters. The molecule has 0 saturated carbocycles. The second-order valence-corrected chi connectivity index (χ2v) is 5.19. The predicted octanol–water partition coefficient (Wildman–Crippen LogP) is 3.36. The van der Waals surface area contributed by atoms with Gasteiger partial charge in [0.2, 0.25) is 0 Å². The standard InChI is InChI=1S/C14H10ClN3O2S/c15-9-4-6-10(7-5-9)20-8-13(19)16-11-2-1-3-12-14(11)18-21-17-12/h1-7H,8H2,(H,16,19). The summed E-state index contributed by atoms with van der Waals surface area (Å²) in [6.45, 7) is -0.0877. The van der Waals surface area contributed by atoms with E-state index in [0.717, 1.165) is 17.2 Å². The Morgan fingerprint density at radius 1 is 1.19 bits per heavy atom. The molecule has 0 fully saturated rings. The molecular weight excluding hydrogens is 310 g/mol. The van der Waals surface area contributed by atoms with E-state index in [2.05, 4.69) is 14.1 Å². The monoisotopic (exact) mass is 319 g/mol. The van der Waals surface area contributed by atoms with Gasteiger partial charge in [0, 0.05) is 5.02 Å². The fourth-order valence-electron chi connectivity index (χ4n) is 1.77. The summed E-state index contributed by atoms with van der Waals surface area (Å²) in [5, 5.41) is 3.39. The molecular formula is C14H10ClN3O2S. The molecule has 3 aromatic rings. The fraction of sp³-hybridized carbons (Fsp3) is 0.0714. The Balaban J connectivity index is 1.64. The third-order valence-electron chi connectivity index (χ3n) is 2.74. The highest BCUT2D eigenvalue weighted by Gasteiger charge is 2.09. The smallest absolute Gasteiger partial charge is 0.262 e. The minimum absolute atomic E-state index is 0.0877. The van der Waals surface area contributed by atoms with Crippen molar-refractivity contribution < 1.29 is 9.53 Å². The molecule has 0 radical (unpaired) electrons. The highest BCUT2D eigenvalue weighted by molar-refractivity contribution is 7.00. The molecule has 0 spiro atoms. The number of anilines is 1. The van der Waals surface area contributed by atoms with Gasteiger partial charge in [0.1, 0.15) is 16.8 Å². The SMILES string of the molecule is O=C(COc1ccc(Cl)cc1)Nc1cccc2nsnc12. The van der Waals surface area contributed by atoms with E-state index in [1.165, 1.54) is 0 Å². The van der Waals surface area contributed by atoms with Gasteiger partial charge in [0.25, 0.3) is 5.91 Å². The first kappa shape index (κ1) is 13.8. The zero-order valence-electron chi connectivity index (χ0n) is 10.7. The normalized spacial score (nSPS) is 10.5. The van der Waals surface area contributed by atoms with Crippen LogP contribution < -0.4 is 10.1 Å². The number of ether oxygens (including phenoxy) is 1. The number of benzene rings is 2. The minimum Gasteiger partial charge on any atom is -0.484 e. The lowest BCUT2D eigenvalue weighted by molar-refractivity contribution is -0.118. The van der Waals surface area contributed by atoms with Crippen molar-refractivity contribution in [3.05, 3.63) is 47.5 Å². The Morgan fingerprint density at radius 3 is 2.81 bits per heavy atom. The van der Waals surface area contributed by atoms with Crippen molar-refractivity contribution in [2.24, 2.45) is 0 Å². The number of fused-ring (bicyclic) bond motifs is 1. The van der Waals surface area contributed by atoms with E-state index in [1.807, 2.05) is 12.1 Å². The Hall–Kier alpha value is -2.18. The lowest BCUT2D eigenvalue weighted by atomic mass is 10.2. The van der Waals surface area contributed by atoms with Crippen molar-refractivity contribution in [2.45, 2.75) is 0 Å². The molecule has 5 nitrogen and oxygen atoms in total. The summed E-state index contributed by atoms with van der Waals surface area (Å²) in [6, 6.07) is 12.3. The van der Waals surface area contributed by atoms with Crippen molar-refractivity contribution in [3.63, 3.8) is 0 Å². The van der Waals surface area contributed by atoms with Crippen LogP contribution >= 0.6 is 23.3 Å². The number of halogens is 1. The molecule has 1 amide bonds. The van der Waals surface area contributed by atoms with Gasteiger partial charge in [-0.25, -0.2) is 0 Å². The number of amides is 1. The number of carbonyl (C=O) groups excluding carboxylic acids is 1. The number of carbonyl (C=O) groups is 1. The molecule has 0 atom stereocenters. The van der Waals surface area contributed by atoms with E-state index in [0.29, 0.717) is 22.0 Å². The maximum Gasteiger partial charge on any atom is 0.262 e. The molecule has 0 bridgehead atoms. The molecule has 0 aliphatic carbocycles. The van der Waals surface area contributed by atoms with E-state index >= 15 is 0 Å². The van der Waals surface area contributed by atoms with Gasteiger partial charge >= 0.3 is 0 Å². The molecule has 106 valence electrons. The lowest BCUT2D eigenvalue weighted by Gasteiger charge is -2.07. The van der Waals surface area contributed by atoms with Crippen LogP contribution in [0.25, 0.3) is 11.0 Å². The quantitative estimate of drug-likeness (QED) is 0.801. The molecule has 21 heavy (non-hydrogen) atoms. The largest absolute Gasteiger partial charge is 0.484 e. The average molecular weight is 320 g/mol. The van der Waals surface area contributed by atoms with Crippen molar-refractivity contribution in [1.29, 1.82) is 0 Å². The van der Waals surface area contributed by atoms with Crippen LogP contribution in [0.15, 0.2) is 42.5 Å². The Morgan fingerprint density at radius 2 is 2.00 bits per heavy atom.